The lowest BCUT2D eigenvalue weighted by Gasteiger charge is -2.34. The van der Waals surface area contributed by atoms with Gasteiger partial charge in [-0.3, -0.25) is 4.98 Å². The molecule has 1 aliphatic rings. The number of nitrogens with zero attached hydrogens (tertiary/aromatic N) is 1. The van der Waals surface area contributed by atoms with Gasteiger partial charge < -0.3 is 20.1 Å². The molecule has 0 saturated carbocycles. The summed E-state index contributed by atoms with van der Waals surface area (Å²) >= 11 is 1.28. The summed E-state index contributed by atoms with van der Waals surface area (Å²) in [5.74, 6) is 0.910. The molecule has 1 aromatic carbocycles. The van der Waals surface area contributed by atoms with Crippen LogP contribution < -0.4 is 4.74 Å². The van der Waals surface area contributed by atoms with E-state index in [1.165, 1.54) is 11.8 Å². The molecular formula is C17H19NO4S. The average Bonchev–Trinajstić information content (AvgIpc) is 2.56. The highest BCUT2D eigenvalue weighted by molar-refractivity contribution is 7.99. The Bertz CT molecular complexity index is 681. The van der Waals surface area contributed by atoms with Crippen molar-refractivity contribution in [1.29, 1.82) is 0 Å². The van der Waals surface area contributed by atoms with Gasteiger partial charge in [0.05, 0.1) is 11.8 Å². The average molecular weight is 333 g/mol. The normalized spacial score (nSPS) is 27.7. The van der Waals surface area contributed by atoms with Crippen LogP contribution in [0.2, 0.25) is 0 Å². The molecule has 2 heterocycles. The molecule has 1 saturated heterocycles. The van der Waals surface area contributed by atoms with Gasteiger partial charge in [0, 0.05) is 17.5 Å². The summed E-state index contributed by atoms with van der Waals surface area (Å²) < 4.78 is 5.79. The number of aromatic nitrogens is 1. The monoisotopic (exact) mass is 333 g/mol. The maximum Gasteiger partial charge on any atom is 0.173 e. The third-order valence-corrected chi connectivity index (χ3v) is 4.99. The Hall–Kier alpha value is -1.60. The van der Waals surface area contributed by atoms with Gasteiger partial charge in [-0.25, -0.2) is 0 Å². The zero-order valence-corrected chi connectivity index (χ0v) is 13.5. The minimum absolute atomic E-state index is 0.321. The Morgan fingerprint density at radius 2 is 1.96 bits per heavy atom. The van der Waals surface area contributed by atoms with Crippen LogP contribution in [0, 0.1) is 6.92 Å². The molecular weight excluding hydrogens is 314 g/mol. The third kappa shape index (κ3) is 3.67. The van der Waals surface area contributed by atoms with E-state index in [9.17, 15) is 15.3 Å². The number of rotatable bonds is 3. The highest BCUT2D eigenvalue weighted by Gasteiger charge is 2.38. The first-order valence-corrected chi connectivity index (χ1v) is 8.45. The van der Waals surface area contributed by atoms with Gasteiger partial charge in [0.2, 0.25) is 0 Å². The number of pyridine rings is 1. The number of aliphatic hydroxyl groups is 3. The van der Waals surface area contributed by atoms with Crippen LogP contribution in [0.4, 0.5) is 0 Å². The van der Waals surface area contributed by atoms with Crippen molar-refractivity contribution in [3.8, 4) is 17.0 Å². The summed E-state index contributed by atoms with van der Waals surface area (Å²) in [7, 11) is 0. The minimum atomic E-state index is -1.19. The fourth-order valence-electron chi connectivity index (χ4n) is 2.44. The van der Waals surface area contributed by atoms with Crippen molar-refractivity contribution in [2.24, 2.45) is 0 Å². The molecule has 0 radical (unpaired) electrons. The Labute approximate surface area is 139 Å². The molecule has 1 aliphatic heterocycles. The maximum absolute atomic E-state index is 10.0. The molecule has 5 nitrogen and oxygen atoms in total. The van der Waals surface area contributed by atoms with E-state index in [1.54, 1.807) is 12.3 Å². The largest absolute Gasteiger partial charge is 0.477 e. The van der Waals surface area contributed by atoms with Crippen LogP contribution in [0.5, 0.6) is 5.75 Å². The van der Waals surface area contributed by atoms with E-state index < -0.39 is 23.7 Å². The van der Waals surface area contributed by atoms with Gasteiger partial charge in [-0.1, -0.05) is 12.1 Å². The zero-order chi connectivity index (χ0) is 16.4. The molecule has 1 fully saturated rings. The van der Waals surface area contributed by atoms with Gasteiger partial charge in [0.1, 0.15) is 18.0 Å². The molecule has 0 spiro atoms. The smallest absolute Gasteiger partial charge is 0.173 e. The molecule has 23 heavy (non-hydrogen) atoms. The van der Waals surface area contributed by atoms with E-state index >= 15 is 0 Å². The quantitative estimate of drug-likeness (QED) is 0.791. The number of hydrogen-bond acceptors (Lipinski definition) is 6. The molecule has 3 rings (SSSR count). The molecule has 4 atom stereocenters. The second-order valence-electron chi connectivity index (χ2n) is 5.61. The van der Waals surface area contributed by atoms with Crippen molar-refractivity contribution in [1.82, 2.24) is 4.98 Å². The fraction of sp³-hybridized carbons (Fsp3) is 0.353. The fourth-order valence-corrected chi connectivity index (χ4v) is 3.56. The number of benzene rings is 1. The standard InChI is InChI=1S/C17H19NO4S/c1-10-5-6-18-13(7-10)11-3-2-4-12(8-11)22-17-16(21)15(20)14(19)9-23-17/h2-8,14-17,19-21H,9H2,1H3/t14-,15+,16-,17-/m1/s1. The molecule has 6 heteroatoms. The molecule has 2 aromatic rings. The van der Waals surface area contributed by atoms with E-state index in [1.807, 2.05) is 37.3 Å². The van der Waals surface area contributed by atoms with Crippen LogP contribution in [0.15, 0.2) is 42.6 Å². The van der Waals surface area contributed by atoms with Crippen molar-refractivity contribution in [3.63, 3.8) is 0 Å². The maximum atomic E-state index is 10.0. The summed E-state index contributed by atoms with van der Waals surface area (Å²) in [6.07, 6.45) is -1.50. The Morgan fingerprint density at radius 1 is 1.13 bits per heavy atom. The summed E-state index contributed by atoms with van der Waals surface area (Å²) in [6, 6.07) is 11.4. The van der Waals surface area contributed by atoms with E-state index in [0.29, 0.717) is 11.5 Å². The second kappa shape index (κ2) is 6.88. The predicted molar refractivity (Wildman–Crippen MR) is 89.3 cm³/mol. The van der Waals surface area contributed by atoms with Gasteiger partial charge in [-0.05, 0) is 36.8 Å². The van der Waals surface area contributed by atoms with Gasteiger partial charge in [0.15, 0.2) is 5.44 Å². The lowest BCUT2D eigenvalue weighted by molar-refractivity contribution is -0.0786. The second-order valence-corrected chi connectivity index (χ2v) is 6.75. The summed E-state index contributed by atoms with van der Waals surface area (Å²) in [5.41, 5.74) is 2.27. The van der Waals surface area contributed by atoms with Gasteiger partial charge in [-0.2, -0.15) is 0 Å². The highest BCUT2D eigenvalue weighted by atomic mass is 32.2. The van der Waals surface area contributed by atoms with Crippen molar-refractivity contribution in [2.75, 3.05) is 5.75 Å². The van der Waals surface area contributed by atoms with Crippen LogP contribution >= 0.6 is 11.8 Å². The van der Waals surface area contributed by atoms with Crippen molar-refractivity contribution < 1.29 is 20.1 Å². The van der Waals surface area contributed by atoms with Crippen molar-refractivity contribution >= 4 is 11.8 Å². The molecule has 0 unspecified atom stereocenters. The Morgan fingerprint density at radius 3 is 2.74 bits per heavy atom. The van der Waals surface area contributed by atoms with Gasteiger partial charge in [-0.15, -0.1) is 11.8 Å². The van der Waals surface area contributed by atoms with Crippen LogP contribution in [0.3, 0.4) is 0 Å². The molecule has 122 valence electrons. The molecule has 1 aromatic heterocycles. The van der Waals surface area contributed by atoms with Crippen LogP contribution in [0.1, 0.15) is 5.56 Å². The number of aliphatic hydroxyl groups excluding tert-OH is 3. The summed E-state index contributed by atoms with van der Waals surface area (Å²) in [4.78, 5) is 4.35. The minimum Gasteiger partial charge on any atom is -0.477 e. The first kappa shape index (κ1) is 16.3. The molecule has 0 bridgehead atoms. The van der Waals surface area contributed by atoms with E-state index in [-0.39, 0.29) is 0 Å². The Balaban J connectivity index is 1.78. The topological polar surface area (TPSA) is 82.8 Å². The number of aryl methyl sites for hydroxylation is 1. The highest BCUT2D eigenvalue weighted by Crippen LogP contribution is 2.30. The predicted octanol–water partition coefficient (Wildman–Crippen LogP) is 1.59. The third-order valence-electron chi connectivity index (χ3n) is 3.75. The first-order chi connectivity index (χ1) is 11.0. The van der Waals surface area contributed by atoms with Crippen molar-refractivity contribution in [2.45, 2.75) is 30.7 Å². The van der Waals surface area contributed by atoms with Crippen LogP contribution in [-0.4, -0.2) is 49.8 Å². The van der Waals surface area contributed by atoms with E-state index in [4.69, 9.17) is 4.74 Å². The van der Waals surface area contributed by atoms with E-state index in [0.717, 1.165) is 16.8 Å². The van der Waals surface area contributed by atoms with E-state index in [2.05, 4.69) is 4.98 Å². The van der Waals surface area contributed by atoms with Crippen LogP contribution in [-0.2, 0) is 0 Å². The van der Waals surface area contributed by atoms with Gasteiger partial charge in [0.25, 0.3) is 0 Å². The number of thioether (sulfide) groups is 1. The molecule has 0 amide bonds. The summed E-state index contributed by atoms with van der Waals surface area (Å²) in [5, 5.41) is 29.3. The number of ether oxygens (including phenoxy) is 1. The summed E-state index contributed by atoms with van der Waals surface area (Å²) in [6.45, 7) is 2.01. The number of hydrogen-bond donors (Lipinski definition) is 3. The lowest BCUT2D eigenvalue weighted by atomic mass is 10.1. The SMILES string of the molecule is Cc1ccnc(-c2cccc(O[C@@H]3SC[C@@H](O)[C@H](O)[C@H]3O)c2)c1. The zero-order valence-electron chi connectivity index (χ0n) is 12.7. The molecule has 0 aliphatic carbocycles. The van der Waals surface area contributed by atoms with Crippen LogP contribution in [0.25, 0.3) is 11.3 Å². The van der Waals surface area contributed by atoms with Gasteiger partial charge >= 0.3 is 0 Å². The lowest BCUT2D eigenvalue weighted by Crippen LogP contribution is -2.50. The Kier molecular flexibility index (Phi) is 4.87. The first-order valence-electron chi connectivity index (χ1n) is 7.40. The van der Waals surface area contributed by atoms with Crippen molar-refractivity contribution in [3.05, 3.63) is 48.2 Å². The molecule has 3 N–H and O–H groups in total.